The summed E-state index contributed by atoms with van der Waals surface area (Å²) in [6.45, 7) is 0. The van der Waals surface area contributed by atoms with Crippen LogP contribution < -0.4 is 10.2 Å². The monoisotopic (exact) mass is 377 g/mol. The summed E-state index contributed by atoms with van der Waals surface area (Å²) in [5.74, 6) is -0.00507. The molecule has 3 rings (SSSR count). The SMILES string of the molecule is Cn1cnnc1SCc1cc(=O)c(OC(=O)c2ccc(Cl)cc2)co1. The maximum absolute atomic E-state index is 12.1. The van der Waals surface area contributed by atoms with Crippen LogP contribution in [0.1, 0.15) is 16.1 Å². The van der Waals surface area contributed by atoms with Gasteiger partial charge in [-0.1, -0.05) is 23.4 Å². The molecule has 0 unspecified atom stereocenters. The number of hydrogen-bond donors (Lipinski definition) is 0. The first-order chi connectivity index (χ1) is 12.0. The summed E-state index contributed by atoms with van der Waals surface area (Å²) >= 11 is 7.14. The molecule has 2 heterocycles. The minimum Gasteiger partial charge on any atom is -0.464 e. The van der Waals surface area contributed by atoms with Gasteiger partial charge in [0.15, 0.2) is 5.16 Å². The van der Waals surface area contributed by atoms with Crippen molar-refractivity contribution < 1.29 is 13.9 Å². The van der Waals surface area contributed by atoms with Gasteiger partial charge in [0.05, 0.1) is 11.3 Å². The minimum atomic E-state index is -0.662. The highest BCUT2D eigenvalue weighted by molar-refractivity contribution is 7.98. The van der Waals surface area contributed by atoms with E-state index in [1.807, 2.05) is 7.05 Å². The van der Waals surface area contributed by atoms with Gasteiger partial charge in [-0.05, 0) is 24.3 Å². The molecule has 128 valence electrons. The van der Waals surface area contributed by atoms with E-state index in [4.69, 9.17) is 20.8 Å². The van der Waals surface area contributed by atoms with Crippen LogP contribution in [-0.4, -0.2) is 20.7 Å². The Morgan fingerprint density at radius 1 is 1.36 bits per heavy atom. The molecule has 2 aromatic heterocycles. The van der Waals surface area contributed by atoms with Crippen molar-refractivity contribution >= 4 is 29.3 Å². The summed E-state index contributed by atoms with van der Waals surface area (Å²) in [5, 5.41) is 8.89. The second-order valence-corrected chi connectivity index (χ2v) is 6.36. The molecule has 25 heavy (non-hydrogen) atoms. The molecule has 0 atom stereocenters. The van der Waals surface area contributed by atoms with E-state index in [1.165, 1.54) is 30.0 Å². The number of thioether (sulfide) groups is 1. The number of carbonyl (C=O) groups excluding carboxylic acids is 1. The van der Waals surface area contributed by atoms with Gasteiger partial charge in [-0.3, -0.25) is 4.79 Å². The van der Waals surface area contributed by atoms with Crippen LogP contribution in [-0.2, 0) is 12.8 Å². The highest BCUT2D eigenvalue weighted by atomic mass is 35.5. The summed E-state index contributed by atoms with van der Waals surface area (Å²) in [4.78, 5) is 24.1. The largest absolute Gasteiger partial charge is 0.464 e. The number of halogens is 1. The van der Waals surface area contributed by atoms with Crippen molar-refractivity contribution in [3.05, 3.63) is 69.5 Å². The summed E-state index contributed by atoms with van der Waals surface area (Å²) in [6, 6.07) is 7.44. The number of esters is 1. The van der Waals surface area contributed by atoms with Crippen LogP contribution in [0.4, 0.5) is 0 Å². The fourth-order valence-corrected chi connectivity index (χ4v) is 2.78. The van der Waals surface area contributed by atoms with Crippen LogP contribution in [0.25, 0.3) is 0 Å². The molecular formula is C16H12ClN3O4S. The predicted octanol–water partition coefficient (Wildman–Crippen LogP) is 2.93. The Bertz CT molecular complexity index is 953. The molecule has 0 saturated heterocycles. The first-order valence-electron chi connectivity index (χ1n) is 7.09. The first-order valence-corrected chi connectivity index (χ1v) is 8.45. The van der Waals surface area contributed by atoms with Gasteiger partial charge in [-0.25, -0.2) is 4.79 Å². The van der Waals surface area contributed by atoms with Gasteiger partial charge < -0.3 is 13.7 Å². The summed E-state index contributed by atoms with van der Waals surface area (Å²) in [6.07, 6.45) is 2.71. The molecule has 7 nitrogen and oxygen atoms in total. The van der Waals surface area contributed by atoms with Crippen LogP contribution >= 0.6 is 23.4 Å². The van der Waals surface area contributed by atoms with Gasteiger partial charge in [-0.2, -0.15) is 0 Å². The third-order valence-corrected chi connectivity index (χ3v) is 4.46. The molecule has 0 saturated carbocycles. The zero-order chi connectivity index (χ0) is 17.8. The van der Waals surface area contributed by atoms with Gasteiger partial charge >= 0.3 is 5.97 Å². The maximum atomic E-state index is 12.1. The molecule has 3 aromatic rings. The van der Waals surface area contributed by atoms with Crippen molar-refractivity contribution in [1.29, 1.82) is 0 Å². The second kappa shape index (κ2) is 7.54. The van der Waals surface area contributed by atoms with Crippen molar-refractivity contribution in [3.63, 3.8) is 0 Å². The predicted molar refractivity (Wildman–Crippen MR) is 92.0 cm³/mol. The number of aromatic nitrogens is 3. The molecule has 0 bridgehead atoms. The van der Waals surface area contributed by atoms with Crippen LogP contribution in [0, 0.1) is 0 Å². The number of ether oxygens (including phenoxy) is 1. The van der Waals surface area contributed by atoms with E-state index >= 15 is 0 Å². The second-order valence-electron chi connectivity index (χ2n) is 4.98. The molecule has 0 aliphatic heterocycles. The van der Waals surface area contributed by atoms with Gasteiger partial charge in [0.1, 0.15) is 18.4 Å². The fourth-order valence-electron chi connectivity index (χ4n) is 1.87. The van der Waals surface area contributed by atoms with Crippen molar-refractivity contribution in [3.8, 4) is 5.75 Å². The summed E-state index contributed by atoms with van der Waals surface area (Å²) in [7, 11) is 1.82. The third kappa shape index (κ3) is 4.28. The Kier molecular flexibility index (Phi) is 5.20. The molecule has 0 radical (unpaired) electrons. The Morgan fingerprint density at radius 3 is 2.76 bits per heavy atom. The molecule has 0 fully saturated rings. The first kappa shape index (κ1) is 17.2. The van der Waals surface area contributed by atoms with Gasteiger partial charge in [0.2, 0.25) is 11.2 Å². The Labute approximate surface area is 151 Å². The molecular weight excluding hydrogens is 366 g/mol. The molecule has 0 N–H and O–H groups in total. The number of benzene rings is 1. The zero-order valence-corrected chi connectivity index (χ0v) is 14.6. The zero-order valence-electron chi connectivity index (χ0n) is 13.0. The van der Waals surface area contributed by atoms with Crippen molar-refractivity contribution in [2.75, 3.05) is 0 Å². The maximum Gasteiger partial charge on any atom is 0.343 e. The van der Waals surface area contributed by atoms with E-state index in [2.05, 4.69) is 10.2 Å². The lowest BCUT2D eigenvalue weighted by molar-refractivity contribution is 0.0729. The van der Waals surface area contributed by atoms with Gasteiger partial charge in [-0.15, -0.1) is 10.2 Å². The molecule has 0 spiro atoms. The number of carbonyl (C=O) groups is 1. The van der Waals surface area contributed by atoms with Crippen LogP contribution in [0.3, 0.4) is 0 Å². The Balaban J connectivity index is 1.67. The summed E-state index contributed by atoms with van der Waals surface area (Å²) < 4.78 is 12.2. The third-order valence-electron chi connectivity index (χ3n) is 3.15. The van der Waals surface area contributed by atoms with Crippen LogP contribution in [0.5, 0.6) is 5.75 Å². The lowest BCUT2D eigenvalue weighted by atomic mass is 10.2. The number of rotatable bonds is 5. The van der Waals surface area contributed by atoms with Crippen LogP contribution in [0.15, 0.2) is 57.3 Å². The molecule has 0 amide bonds. The van der Waals surface area contributed by atoms with E-state index in [0.29, 0.717) is 21.7 Å². The topological polar surface area (TPSA) is 87.2 Å². The van der Waals surface area contributed by atoms with Crippen LogP contribution in [0.2, 0.25) is 5.02 Å². The quantitative estimate of drug-likeness (QED) is 0.499. The average molecular weight is 378 g/mol. The van der Waals surface area contributed by atoms with Gasteiger partial charge in [0, 0.05) is 18.1 Å². The fraction of sp³-hybridized carbons (Fsp3) is 0.125. The number of hydrogen-bond acceptors (Lipinski definition) is 7. The van der Waals surface area contributed by atoms with Crippen molar-refractivity contribution in [2.24, 2.45) is 7.05 Å². The van der Waals surface area contributed by atoms with E-state index in [-0.39, 0.29) is 11.3 Å². The van der Waals surface area contributed by atoms with Gasteiger partial charge in [0.25, 0.3) is 0 Å². The Hall–Kier alpha value is -2.58. The smallest absolute Gasteiger partial charge is 0.343 e. The lowest BCUT2D eigenvalue weighted by Crippen LogP contribution is -2.14. The highest BCUT2D eigenvalue weighted by Crippen LogP contribution is 2.20. The molecule has 0 aliphatic rings. The number of aryl methyl sites for hydroxylation is 1. The van der Waals surface area contributed by atoms with E-state index < -0.39 is 11.4 Å². The van der Waals surface area contributed by atoms with Crippen molar-refractivity contribution in [1.82, 2.24) is 14.8 Å². The normalized spacial score (nSPS) is 10.6. The van der Waals surface area contributed by atoms with E-state index in [9.17, 15) is 9.59 Å². The molecule has 0 aliphatic carbocycles. The van der Waals surface area contributed by atoms with E-state index in [0.717, 1.165) is 6.26 Å². The van der Waals surface area contributed by atoms with E-state index in [1.54, 1.807) is 23.0 Å². The lowest BCUT2D eigenvalue weighted by Gasteiger charge is -2.05. The summed E-state index contributed by atoms with van der Waals surface area (Å²) in [5.41, 5.74) is -0.159. The molecule has 9 heteroatoms. The molecule has 1 aromatic carbocycles. The highest BCUT2D eigenvalue weighted by Gasteiger charge is 2.13. The minimum absolute atomic E-state index is 0.174. The Morgan fingerprint density at radius 2 is 2.12 bits per heavy atom. The standard InChI is InChI=1S/C16H12ClN3O4S/c1-20-9-18-19-16(20)25-8-12-6-13(21)14(7-23-12)24-15(22)10-2-4-11(17)5-3-10/h2-7,9H,8H2,1H3. The average Bonchev–Trinajstić information content (AvgIpc) is 3.01. The number of nitrogens with zero attached hydrogens (tertiary/aromatic N) is 3. The van der Waals surface area contributed by atoms with Crippen molar-refractivity contribution in [2.45, 2.75) is 10.9 Å².